The number of ether oxygens (including phenoxy) is 1. The predicted octanol–water partition coefficient (Wildman–Crippen LogP) is 5.13. The number of likely N-dealkylation sites (tertiary alicyclic amines) is 1. The lowest BCUT2D eigenvalue weighted by Gasteiger charge is -2.36. The molecule has 170 valence electrons. The summed E-state index contributed by atoms with van der Waals surface area (Å²) in [7, 11) is 0. The van der Waals surface area contributed by atoms with E-state index in [1.54, 1.807) is 23.5 Å². The van der Waals surface area contributed by atoms with E-state index in [0.29, 0.717) is 24.5 Å². The molecule has 0 saturated carbocycles. The van der Waals surface area contributed by atoms with Crippen LogP contribution in [-0.4, -0.2) is 35.6 Å². The molecule has 1 aromatic carbocycles. The molecule has 3 aromatic rings. The first-order valence-electron chi connectivity index (χ1n) is 11.2. The summed E-state index contributed by atoms with van der Waals surface area (Å²) < 4.78 is 11.0. The van der Waals surface area contributed by atoms with Crippen molar-refractivity contribution in [3.63, 3.8) is 0 Å². The zero-order chi connectivity index (χ0) is 22.5. The third kappa shape index (κ3) is 5.40. The second-order valence-corrected chi connectivity index (χ2v) is 9.55. The lowest BCUT2D eigenvalue weighted by Crippen LogP contribution is -2.41. The summed E-state index contributed by atoms with van der Waals surface area (Å²) in [5, 5.41) is 9.20. The van der Waals surface area contributed by atoms with E-state index in [0.717, 1.165) is 36.0 Å². The van der Waals surface area contributed by atoms with Crippen LogP contribution in [0.3, 0.4) is 0 Å². The number of hydrogen-bond acceptors (Lipinski definition) is 6. The number of aromatic nitrogens is 1. The molecule has 0 bridgehead atoms. The average Bonchev–Trinajstić information content (AvgIpc) is 3.44. The first-order chi connectivity index (χ1) is 15.5. The molecule has 6 nitrogen and oxygen atoms in total. The number of carbonyl (C=O) groups excluding carboxylic acids is 1. The first kappa shape index (κ1) is 22.6. The maximum Gasteiger partial charge on any atom is 0.251 e. The Kier molecular flexibility index (Phi) is 7.27. The summed E-state index contributed by atoms with van der Waals surface area (Å²) in [5.41, 5.74) is 2.42. The topological polar surface area (TPSA) is 67.6 Å². The van der Waals surface area contributed by atoms with Crippen molar-refractivity contribution >= 4 is 17.2 Å². The molecule has 1 unspecified atom stereocenters. The maximum atomic E-state index is 12.8. The minimum Gasteiger partial charge on any atom is -0.489 e. The van der Waals surface area contributed by atoms with E-state index in [9.17, 15) is 4.79 Å². The molecule has 0 aliphatic carbocycles. The monoisotopic (exact) mass is 453 g/mol. The fourth-order valence-corrected chi connectivity index (χ4v) is 4.95. The van der Waals surface area contributed by atoms with E-state index in [1.165, 1.54) is 17.7 Å². The molecule has 1 amide bonds. The molecular formula is C25H31N3O3S. The van der Waals surface area contributed by atoms with Gasteiger partial charge in [0, 0.05) is 17.0 Å². The summed E-state index contributed by atoms with van der Waals surface area (Å²) in [5.74, 6) is 2.19. The van der Waals surface area contributed by atoms with Crippen molar-refractivity contribution in [2.75, 3.05) is 19.6 Å². The highest BCUT2D eigenvalue weighted by atomic mass is 32.1. The van der Waals surface area contributed by atoms with Gasteiger partial charge in [0.15, 0.2) is 0 Å². The van der Waals surface area contributed by atoms with Gasteiger partial charge in [-0.1, -0.05) is 18.1 Å². The molecule has 1 N–H and O–H groups in total. The predicted molar refractivity (Wildman–Crippen MR) is 126 cm³/mol. The van der Waals surface area contributed by atoms with Gasteiger partial charge >= 0.3 is 0 Å². The Balaban J connectivity index is 1.34. The number of thiophene rings is 1. The van der Waals surface area contributed by atoms with Crippen LogP contribution in [0.25, 0.3) is 0 Å². The molecule has 1 fully saturated rings. The van der Waals surface area contributed by atoms with E-state index < -0.39 is 0 Å². The quantitative estimate of drug-likeness (QED) is 0.512. The number of hydrogen-bond donors (Lipinski definition) is 1. The molecule has 1 aliphatic rings. The number of aryl methyl sites for hydroxylation is 2. The minimum atomic E-state index is -0.0609. The fourth-order valence-electron chi connectivity index (χ4n) is 4.09. The highest BCUT2D eigenvalue weighted by molar-refractivity contribution is 7.10. The van der Waals surface area contributed by atoms with Crippen molar-refractivity contribution in [3.05, 3.63) is 69.2 Å². The highest BCUT2D eigenvalue weighted by Gasteiger charge is 2.25. The molecule has 32 heavy (non-hydrogen) atoms. The van der Waals surface area contributed by atoms with Gasteiger partial charge in [-0.2, -0.15) is 0 Å². The molecular weight excluding hydrogens is 422 g/mol. The van der Waals surface area contributed by atoms with Crippen molar-refractivity contribution in [1.82, 2.24) is 15.4 Å². The molecule has 0 radical (unpaired) electrons. The first-order valence-corrected chi connectivity index (χ1v) is 12.1. The summed E-state index contributed by atoms with van der Waals surface area (Å²) in [6.07, 6.45) is 2.43. The van der Waals surface area contributed by atoms with E-state index in [1.807, 2.05) is 26.0 Å². The normalized spacial score (nSPS) is 16.1. The number of benzene rings is 1. The Hall–Kier alpha value is -2.64. The molecule has 1 saturated heterocycles. The largest absolute Gasteiger partial charge is 0.489 e. The number of rotatable bonds is 8. The van der Waals surface area contributed by atoms with Crippen LogP contribution in [0, 0.1) is 19.8 Å². The van der Waals surface area contributed by atoms with E-state index >= 15 is 0 Å². The maximum absolute atomic E-state index is 12.8. The van der Waals surface area contributed by atoms with Gasteiger partial charge in [0.05, 0.1) is 17.3 Å². The lowest BCUT2D eigenvalue weighted by molar-refractivity contribution is 0.0915. The smallest absolute Gasteiger partial charge is 0.251 e. The molecule has 7 heteroatoms. The number of amides is 1. The second-order valence-electron chi connectivity index (χ2n) is 8.58. The standard InChI is InChI=1S/C25H31N3O3S/c1-17-10-12-28(13-11-17)23(24-5-4-14-32-24)15-26-25(29)20-6-8-21(9-7-20)30-16-22-18(2)27-31-19(22)3/h4-9,14,17,23H,10-13,15-16H2,1-3H3,(H,26,29). The molecule has 2 aromatic heterocycles. The Morgan fingerprint density at radius 1 is 1.25 bits per heavy atom. The zero-order valence-corrected chi connectivity index (χ0v) is 19.8. The summed E-state index contributed by atoms with van der Waals surface area (Å²) in [4.78, 5) is 16.6. The van der Waals surface area contributed by atoms with Crippen LogP contribution in [0.1, 0.15) is 58.1 Å². The van der Waals surface area contributed by atoms with Gasteiger partial charge in [-0.3, -0.25) is 9.69 Å². The van der Waals surface area contributed by atoms with Gasteiger partial charge in [0.2, 0.25) is 0 Å². The SMILES string of the molecule is Cc1noc(C)c1COc1ccc(C(=O)NCC(c2cccs2)N2CCC(C)CC2)cc1. The van der Waals surface area contributed by atoms with Crippen LogP contribution in [0.15, 0.2) is 46.3 Å². The van der Waals surface area contributed by atoms with Crippen molar-refractivity contribution in [2.45, 2.75) is 46.3 Å². The third-order valence-electron chi connectivity index (χ3n) is 6.27. The van der Waals surface area contributed by atoms with Crippen LogP contribution in [0.4, 0.5) is 0 Å². The van der Waals surface area contributed by atoms with Crippen LogP contribution in [0.5, 0.6) is 5.75 Å². The van der Waals surface area contributed by atoms with Crippen molar-refractivity contribution in [1.29, 1.82) is 0 Å². The molecule has 3 heterocycles. The van der Waals surface area contributed by atoms with Crippen molar-refractivity contribution in [2.24, 2.45) is 5.92 Å². The number of nitrogens with one attached hydrogen (secondary N) is 1. The van der Waals surface area contributed by atoms with Crippen LogP contribution < -0.4 is 10.1 Å². The average molecular weight is 454 g/mol. The van der Waals surface area contributed by atoms with Crippen molar-refractivity contribution < 1.29 is 14.1 Å². The zero-order valence-electron chi connectivity index (χ0n) is 19.0. The minimum absolute atomic E-state index is 0.0609. The number of piperidine rings is 1. The molecule has 1 aliphatic heterocycles. The van der Waals surface area contributed by atoms with Gasteiger partial charge < -0.3 is 14.6 Å². The van der Waals surface area contributed by atoms with Gasteiger partial charge in [-0.25, -0.2) is 0 Å². The summed E-state index contributed by atoms with van der Waals surface area (Å²) in [6.45, 7) is 9.26. The Morgan fingerprint density at radius 2 is 2.00 bits per heavy atom. The van der Waals surface area contributed by atoms with E-state index in [2.05, 4.69) is 39.8 Å². The molecule has 1 atom stereocenters. The second kappa shape index (κ2) is 10.3. The van der Waals surface area contributed by atoms with Gasteiger partial charge in [-0.05, 0) is 81.4 Å². The number of nitrogens with zero attached hydrogens (tertiary/aromatic N) is 2. The van der Waals surface area contributed by atoms with Crippen molar-refractivity contribution in [3.8, 4) is 5.75 Å². The van der Waals surface area contributed by atoms with Crippen LogP contribution >= 0.6 is 11.3 Å². The van der Waals surface area contributed by atoms with Crippen LogP contribution in [-0.2, 0) is 6.61 Å². The Bertz CT molecular complexity index is 986. The summed E-state index contributed by atoms with van der Waals surface area (Å²) in [6, 6.07) is 11.8. The number of carbonyl (C=O) groups is 1. The molecule has 0 spiro atoms. The fraction of sp³-hybridized carbons (Fsp3) is 0.440. The lowest BCUT2D eigenvalue weighted by atomic mass is 9.97. The van der Waals surface area contributed by atoms with E-state index in [4.69, 9.17) is 9.26 Å². The van der Waals surface area contributed by atoms with Gasteiger partial charge in [0.25, 0.3) is 5.91 Å². The highest BCUT2D eigenvalue weighted by Crippen LogP contribution is 2.29. The van der Waals surface area contributed by atoms with Gasteiger partial charge in [0.1, 0.15) is 18.1 Å². The van der Waals surface area contributed by atoms with Gasteiger partial charge in [-0.15, -0.1) is 11.3 Å². The van der Waals surface area contributed by atoms with E-state index in [-0.39, 0.29) is 11.9 Å². The Morgan fingerprint density at radius 3 is 2.62 bits per heavy atom. The molecule has 4 rings (SSSR count). The summed E-state index contributed by atoms with van der Waals surface area (Å²) >= 11 is 1.76. The Labute approximate surface area is 193 Å². The van der Waals surface area contributed by atoms with Crippen LogP contribution in [0.2, 0.25) is 0 Å². The third-order valence-corrected chi connectivity index (χ3v) is 7.24.